The maximum Gasteiger partial charge on any atom is 0.409 e. The molecular weight excluding hydrogens is 334 g/mol. The van der Waals surface area contributed by atoms with Crippen molar-refractivity contribution in [2.75, 3.05) is 70.9 Å². The summed E-state index contributed by atoms with van der Waals surface area (Å²) >= 11 is 0. The summed E-state index contributed by atoms with van der Waals surface area (Å²) in [5.74, 6) is -0.0848. The quantitative estimate of drug-likeness (QED) is 0.791. The fourth-order valence-corrected chi connectivity index (χ4v) is 3.23. The van der Waals surface area contributed by atoms with E-state index in [1.54, 1.807) is 29.0 Å². The summed E-state index contributed by atoms with van der Waals surface area (Å²) in [7, 11) is 2.12. The first kappa shape index (κ1) is 18.4. The van der Waals surface area contributed by atoms with E-state index in [4.69, 9.17) is 4.74 Å². The van der Waals surface area contributed by atoms with Gasteiger partial charge in [-0.25, -0.2) is 9.78 Å². The van der Waals surface area contributed by atoms with Crippen LogP contribution in [0.1, 0.15) is 17.4 Å². The third-order valence-corrected chi connectivity index (χ3v) is 4.93. The Hall–Kier alpha value is -2.35. The highest BCUT2D eigenvalue weighted by Gasteiger charge is 2.26. The molecule has 3 rings (SSSR count). The fourth-order valence-electron chi connectivity index (χ4n) is 3.23. The van der Waals surface area contributed by atoms with Crippen LogP contribution < -0.4 is 4.90 Å². The number of hydrogen-bond acceptors (Lipinski definition) is 6. The van der Waals surface area contributed by atoms with Crippen LogP contribution in [0.3, 0.4) is 0 Å². The smallest absolute Gasteiger partial charge is 0.409 e. The molecular formula is C18H27N5O3. The van der Waals surface area contributed by atoms with Gasteiger partial charge >= 0.3 is 6.09 Å². The molecule has 3 heterocycles. The van der Waals surface area contributed by atoms with Gasteiger partial charge in [-0.2, -0.15) is 0 Å². The van der Waals surface area contributed by atoms with Gasteiger partial charge in [0.25, 0.3) is 5.91 Å². The highest BCUT2D eigenvalue weighted by Crippen LogP contribution is 2.16. The van der Waals surface area contributed by atoms with Gasteiger partial charge in [0.1, 0.15) is 5.69 Å². The van der Waals surface area contributed by atoms with Crippen LogP contribution in [-0.2, 0) is 4.74 Å². The van der Waals surface area contributed by atoms with Crippen LogP contribution in [0.5, 0.6) is 0 Å². The lowest BCUT2D eigenvalue weighted by Gasteiger charge is -2.34. The molecule has 2 fully saturated rings. The molecule has 2 aliphatic heterocycles. The molecule has 26 heavy (non-hydrogen) atoms. The molecule has 0 spiro atoms. The van der Waals surface area contributed by atoms with E-state index in [0.717, 1.165) is 31.9 Å². The van der Waals surface area contributed by atoms with Gasteiger partial charge in [0.15, 0.2) is 0 Å². The van der Waals surface area contributed by atoms with Crippen molar-refractivity contribution in [3.05, 3.63) is 24.0 Å². The van der Waals surface area contributed by atoms with Gasteiger partial charge in [-0.15, -0.1) is 0 Å². The van der Waals surface area contributed by atoms with Crippen molar-refractivity contribution in [1.29, 1.82) is 0 Å². The summed E-state index contributed by atoms with van der Waals surface area (Å²) in [6.45, 7) is 8.14. The molecule has 2 aliphatic rings. The highest BCUT2D eigenvalue weighted by molar-refractivity contribution is 5.92. The second kappa shape index (κ2) is 8.35. The van der Waals surface area contributed by atoms with E-state index in [1.807, 2.05) is 6.07 Å². The number of pyridine rings is 1. The fraction of sp³-hybridized carbons (Fsp3) is 0.611. The van der Waals surface area contributed by atoms with Crippen molar-refractivity contribution in [3.8, 4) is 0 Å². The molecule has 0 bridgehead atoms. The Balaban J connectivity index is 1.55. The van der Waals surface area contributed by atoms with Crippen molar-refractivity contribution in [3.63, 3.8) is 0 Å². The predicted octanol–water partition coefficient (Wildman–Crippen LogP) is 0.748. The monoisotopic (exact) mass is 361 g/mol. The zero-order chi connectivity index (χ0) is 18.5. The normalized spacial score (nSPS) is 18.8. The molecule has 8 heteroatoms. The average Bonchev–Trinajstić information content (AvgIpc) is 2.68. The maximum absolute atomic E-state index is 12.6. The van der Waals surface area contributed by atoms with Crippen LogP contribution in [0.25, 0.3) is 0 Å². The van der Waals surface area contributed by atoms with Gasteiger partial charge in [-0.1, -0.05) is 0 Å². The Morgan fingerprint density at radius 2 is 1.65 bits per heavy atom. The zero-order valence-electron chi connectivity index (χ0n) is 15.6. The molecule has 2 amide bonds. The van der Waals surface area contributed by atoms with E-state index >= 15 is 0 Å². The Morgan fingerprint density at radius 1 is 1.00 bits per heavy atom. The number of rotatable bonds is 3. The van der Waals surface area contributed by atoms with Crippen LogP contribution in [0.15, 0.2) is 18.3 Å². The summed E-state index contributed by atoms with van der Waals surface area (Å²) in [5.41, 5.74) is 1.51. The number of carbonyl (C=O) groups excluding carboxylic acids is 2. The molecule has 0 N–H and O–H groups in total. The molecule has 1 aromatic rings. The summed E-state index contributed by atoms with van der Waals surface area (Å²) in [6, 6.07) is 3.77. The van der Waals surface area contributed by atoms with Gasteiger partial charge in [0.2, 0.25) is 0 Å². The number of hydrogen-bond donors (Lipinski definition) is 0. The van der Waals surface area contributed by atoms with Crippen LogP contribution in [0.2, 0.25) is 0 Å². The number of piperazine rings is 2. The van der Waals surface area contributed by atoms with E-state index in [2.05, 4.69) is 21.8 Å². The number of likely N-dealkylation sites (N-methyl/N-ethyl adjacent to an activating group) is 1. The summed E-state index contributed by atoms with van der Waals surface area (Å²) in [5, 5.41) is 0. The first-order valence-electron chi connectivity index (χ1n) is 9.19. The summed E-state index contributed by atoms with van der Waals surface area (Å²) in [6.07, 6.45) is 1.47. The van der Waals surface area contributed by atoms with E-state index < -0.39 is 0 Å². The number of anilines is 1. The molecule has 0 saturated carbocycles. The van der Waals surface area contributed by atoms with Crippen molar-refractivity contribution in [2.45, 2.75) is 6.92 Å². The van der Waals surface area contributed by atoms with Crippen LogP contribution in [0, 0.1) is 0 Å². The Labute approximate surface area is 154 Å². The Morgan fingerprint density at radius 3 is 2.23 bits per heavy atom. The first-order valence-corrected chi connectivity index (χ1v) is 9.19. The third kappa shape index (κ3) is 4.24. The Bertz CT molecular complexity index is 620. The minimum atomic E-state index is -0.311. The average molecular weight is 361 g/mol. The minimum absolute atomic E-state index is 0.0848. The lowest BCUT2D eigenvalue weighted by molar-refractivity contribution is 0.0566. The molecule has 0 aliphatic carbocycles. The second-order valence-corrected chi connectivity index (χ2v) is 6.67. The standard InChI is InChI=1S/C18H27N5O3/c1-3-26-18(25)23-12-10-22(11-13-23)17(24)16-5-4-15(14-19-16)21-8-6-20(2)7-9-21/h4-5,14H,3,6-13H2,1-2H3. The largest absolute Gasteiger partial charge is 0.450 e. The number of carbonyl (C=O) groups is 2. The van der Waals surface area contributed by atoms with Gasteiger partial charge in [0.05, 0.1) is 18.5 Å². The third-order valence-electron chi connectivity index (χ3n) is 4.93. The van der Waals surface area contributed by atoms with E-state index in [0.29, 0.717) is 38.5 Å². The van der Waals surface area contributed by atoms with E-state index in [1.165, 1.54) is 0 Å². The molecule has 142 valence electrons. The molecule has 8 nitrogen and oxygen atoms in total. The Kier molecular flexibility index (Phi) is 5.92. The van der Waals surface area contributed by atoms with Crippen LogP contribution in [0.4, 0.5) is 10.5 Å². The molecule has 0 radical (unpaired) electrons. The molecule has 2 saturated heterocycles. The van der Waals surface area contributed by atoms with E-state index in [-0.39, 0.29) is 12.0 Å². The van der Waals surface area contributed by atoms with Crippen molar-refractivity contribution < 1.29 is 14.3 Å². The molecule has 0 atom stereocenters. The molecule has 0 aromatic carbocycles. The lowest BCUT2D eigenvalue weighted by Crippen LogP contribution is -2.50. The van der Waals surface area contributed by atoms with Crippen LogP contribution >= 0.6 is 0 Å². The number of aromatic nitrogens is 1. The zero-order valence-corrected chi connectivity index (χ0v) is 15.6. The van der Waals surface area contributed by atoms with Crippen LogP contribution in [-0.4, -0.2) is 97.7 Å². The van der Waals surface area contributed by atoms with Crippen molar-refractivity contribution >= 4 is 17.7 Å². The number of amides is 2. The molecule has 1 aromatic heterocycles. The van der Waals surface area contributed by atoms with E-state index in [9.17, 15) is 9.59 Å². The van der Waals surface area contributed by atoms with Gasteiger partial charge in [-0.05, 0) is 26.1 Å². The second-order valence-electron chi connectivity index (χ2n) is 6.67. The van der Waals surface area contributed by atoms with Gasteiger partial charge in [0, 0.05) is 52.4 Å². The predicted molar refractivity (Wildman–Crippen MR) is 98.4 cm³/mol. The maximum atomic E-state index is 12.6. The molecule has 0 unspecified atom stereocenters. The van der Waals surface area contributed by atoms with Gasteiger partial charge in [-0.3, -0.25) is 4.79 Å². The van der Waals surface area contributed by atoms with Crippen molar-refractivity contribution in [1.82, 2.24) is 19.7 Å². The SMILES string of the molecule is CCOC(=O)N1CCN(C(=O)c2ccc(N3CCN(C)CC3)cn2)CC1. The number of ether oxygens (including phenoxy) is 1. The minimum Gasteiger partial charge on any atom is -0.450 e. The first-order chi connectivity index (χ1) is 12.6. The topological polar surface area (TPSA) is 69.2 Å². The summed E-state index contributed by atoms with van der Waals surface area (Å²) in [4.78, 5) is 36.7. The summed E-state index contributed by atoms with van der Waals surface area (Å²) < 4.78 is 5.00. The van der Waals surface area contributed by atoms with Gasteiger partial charge < -0.3 is 24.3 Å². The number of nitrogens with zero attached hydrogens (tertiary/aromatic N) is 5. The lowest BCUT2D eigenvalue weighted by atomic mass is 10.2. The van der Waals surface area contributed by atoms with Crippen molar-refractivity contribution in [2.24, 2.45) is 0 Å². The highest BCUT2D eigenvalue weighted by atomic mass is 16.6.